The number of aryl methyl sites for hydroxylation is 3. The molecule has 32 heavy (non-hydrogen) atoms. The van der Waals surface area contributed by atoms with Crippen molar-refractivity contribution in [3.63, 3.8) is 0 Å². The van der Waals surface area contributed by atoms with E-state index < -0.39 is 0 Å². The minimum atomic E-state index is -0.166. The Labute approximate surface area is 192 Å². The molecule has 0 aliphatic heterocycles. The molecule has 0 radical (unpaired) electrons. The van der Waals surface area contributed by atoms with Gasteiger partial charge in [-0.1, -0.05) is 57.2 Å². The maximum atomic E-state index is 13.5. The lowest BCUT2D eigenvalue weighted by atomic mass is 9.86. The Morgan fingerprint density at radius 1 is 1.00 bits per heavy atom. The molecular formula is C27H28N2O2S. The van der Waals surface area contributed by atoms with Gasteiger partial charge in [0.05, 0.1) is 11.9 Å². The van der Waals surface area contributed by atoms with Crippen molar-refractivity contribution >= 4 is 27.3 Å². The molecule has 0 amide bonds. The summed E-state index contributed by atoms with van der Waals surface area (Å²) in [6, 6.07) is 14.0. The van der Waals surface area contributed by atoms with Gasteiger partial charge in [0.15, 0.2) is 5.78 Å². The smallest absolute Gasteiger partial charge is 0.263 e. The second kappa shape index (κ2) is 8.14. The van der Waals surface area contributed by atoms with Gasteiger partial charge in [-0.2, -0.15) is 0 Å². The Bertz CT molecular complexity index is 1390. The van der Waals surface area contributed by atoms with E-state index in [4.69, 9.17) is 0 Å². The van der Waals surface area contributed by atoms with Crippen LogP contribution in [0.5, 0.6) is 0 Å². The van der Waals surface area contributed by atoms with E-state index in [1.54, 1.807) is 6.92 Å². The maximum Gasteiger partial charge on any atom is 0.263 e. The van der Waals surface area contributed by atoms with Crippen molar-refractivity contribution in [1.82, 2.24) is 9.55 Å². The molecule has 0 spiro atoms. The molecule has 0 unspecified atom stereocenters. The van der Waals surface area contributed by atoms with Crippen molar-refractivity contribution in [2.75, 3.05) is 0 Å². The molecule has 5 heteroatoms. The van der Waals surface area contributed by atoms with Crippen molar-refractivity contribution in [1.29, 1.82) is 0 Å². The monoisotopic (exact) mass is 444 g/mol. The number of rotatable bonds is 4. The SMILES string of the molecule is Cc1ccc(C(=O)Cn2c(C)nc3scc(-c4ccc(C(C)(C)C)cc4)c3c2=O)cc1C. The first-order chi connectivity index (χ1) is 15.1. The summed E-state index contributed by atoms with van der Waals surface area (Å²) in [4.78, 5) is 31.8. The number of aromatic nitrogens is 2. The fraction of sp³-hybridized carbons (Fsp3) is 0.296. The molecule has 0 N–H and O–H groups in total. The Morgan fingerprint density at radius 2 is 1.69 bits per heavy atom. The predicted molar refractivity (Wildman–Crippen MR) is 133 cm³/mol. The molecule has 164 valence electrons. The first-order valence-corrected chi connectivity index (χ1v) is 11.6. The summed E-state index contributed by atoms with van der Waals surface area (Å²) >= 11 is 1.47. The van der Waals surface area contributed by atoms with Crippen molar-refractivity contribution in [3.8, 4) is 11.1 Å². The van der Waals surface area contributed by atoms with E-state index in [2.05, 4.69) is 50.0 Å². The summed E-state index contributed by atoms with van der Waals surface area (Å²) in [7, 11) is 0. The number of ketones is 1. The van der Waals surface area contributed by atoms with Crippen LogP contribution < -0.4 is 5.56 Å². The molecule has 0 fully saturated rings. The highest BCUT2D eigenvalue weighted by molar-refractivity contribution is 7.17. The van der Waals surface area contributed by atoms with Crippen molar-refractivity contribution in [2.24, 2.45) is 0 Å². The van der Waals surface area contributed by atoms with E-state index >= 15 is 0 Å². The quantitative estimate of drug-likeness (QED) is 0.351. The average molecular weight is 445 g/mol. The lowest BCUT2D eigenvalue weighted by Crippen LogP contribution is -2.27. The first kappa shape index (κ1) is 22.2. The highest BCUT2D eigenvalue weighted by atomic mass is 32.1. The third kappa shape index (κ3) is 4.05. The Morgan fingerprint density at radius 3 is 2.31 bits per heavy atom. The Kier molecular flexibility index (Phi) is 5.63. The van der Waals surface area contributed by atoms with Crippen LogP contribution in [0, 0.1) is 20.8 Å². The van der Waals surface area contributed by atoms with E-state index in [-0.39, 0.29) is 23.3 Å². The van der Waals surface area contributed by atoms with Crippen molar-refractivity contribution in [3.05, 3.63) is 86.3 Å². The third-order valence-electron chi connectivity index (χ3n) is 6.08. The minimum absolute atomic E-state index is 0.0195. The summed E-state index contributed by atoms with van der Waals surface area (Å²) in [6.07, 6.45) is 0. The Hall–Kier alpha value is -3.05. The number of nitrogens with zero attached hydrogens (tertiary/aromatic N) is 2. The zero-order valence-corrected chi connectivity index (χ0v) is 20.3. The summed E-state index contributed by atoms with van der Waals surface area (Å²) in [5.74, 6) is 0.460. The maximum absolute atomic E-state index is 13.5. The third-order valence-corrected chi connectivity index (χ3v) is 6.95. The summed E-state index contributed by atoms with van der Waals surface area (Å²) < 4.78 is 1.50. The zero-order valence-electron chi connectivity index (χ0n) is 19.4. The minimum Gasteiger partial charge on any atom is -0.292 e. The fourth-order valence-electron chi connectivity index (χ4n) is 3.82. The van der Waals surface area contributed by atoms with Crippen LogP contribution in [-0.4, -0.2) is 15.3 Å². The molecular weight excluding hydrogens is 416 g/mol. The van der Waals surface area contributed by atoms with Gasteiger partial charge in [-0.3, -0.25) is 14.2 Å². The molecule has 0 saturated heterocycles. The van der Waals surface area contributed by atoms with E-state index in [9.17, 15) is 9.59 Å². The topological polar surface area (TPSA) is 52.0 Å². The largest absolute Gasteiger partial charge is 0.292 e. The van der Waals surface area contributed by atoms with E-state index in [0.29, 0.717) is 21.6 Å². The number of benzene rings is 2. The number of Topliss-reactive ketones (excluding diaryl/α,β-unsaturated/α-hetero) is 1. The van der Waals surface area contributed by atoms with Crippen LogP contribution in [-0.2, 0) is 12.0 Å². The van der Waals surface area contributed by atoms with Gasteiger partial charge in [-0.05, 0) is 54.5 Å². The number of hydrogen-bond donors (Lipinski definition) is 0. The van der Waals surface area contributed by atoms with Gasteiger partial charge in [-0.25, -0.2) is 4.98 Å². The average Bonchev–Trinajstić information content (AvgIpc) is 3.16. The molecule has 4 rings (SSSR count). The van der Waals surface area contributed by atoms with Gasteiger partial charge in [0, 0.05) is 16.5 Å². The van der Waals surface area contributed by atoms with Crippen LogP contribution in [0.1, 0.15) is 53.6 Å². The van der Waals surface area contributed by atoms with Gasteiger partial charge in [-0.15, -0.1) is 11.3 Å². The Balaban J connectivity index is 1.76. The van der Waals surface area contributed by atoms with Gasteiger partial charge in [0.2, 0.25) is 0 Å². The zero-order chi connectivity index (χ0) is 23.2. The van der Waals surface area contributed by atoms with Gasteiger partial charge in [0.25, 0.3) is 5.56 Å². The molecule has 2 aromatic heterocycles. The van der Waals surface area contributed by atoms with E-state index in [1.807, 2.05) is 37.4 Å². The van der Waals surface area contributed by atoms with Crippen LogP contribution in [0.4, 0.5) is 0 Å². The predicted octanol–water partition coefficient (Wildman–Crippen LogP) is 6.23. The highest BCUT2D eigenvalue weighted by Gasteiger charge is 2.19. The van der Waals surface area contributed by atoms with Gasteiger partial charge < -0.3 is 0 Å². The molecule has 0 saturated carbocycles. The molecule has 0 aliphatic carbocycles. The fourth-order valence-corrected chi connectivity index (χ4v) is 4.81. The van der Waals surface area contributed by atoms with Crippen LogP contribution >= 0.6 is 11.3 Å². The normalized spacial score (nSPS) is 11.8. The summed E-state index contributed by atoms with van der Waals surface area (Å²) in [5, 5.41) is 2.57. The van der Waals surface area contributed by atoms with E-state index in [1.165, 1.54) is 21.5 Å². The molecule has 2 heterocycles. The number of hydrogen-bond acceptors (Lipinski definition) is 4. The summed E-state index contributed by atoms with van der Waals surface area (Å²) in [5.41, 5.74) is 5.81. The van der Waals surface area contributed by atoms with Gasteiger partial charge >= 0.3 is 0 Å². The number of fused-ring (bicyclic) bond motifs is 1. The van der Waals surface area contributed by atoms with Crippen LogP contribution in [0.25, 0.3) is 21.3 Å². The van der Waals surface area contributed by atoms with Crippen molar-refractivity contribution in [2.45, 2.75) is 53.5 Å². The lowest BCUT2D eigenvalue weighted by molar-refractivity contribution is 0.0969. The van der Waals surface area contributed by atoms with Gasteiger partial charge in [0.1, 0.15) is 10.7 Å². The number of carbonyl (C=O) groups excluding carboxylic acids is 1. The lowest BCUT2D eigenvalue weighted by Gasteiger charge is -2.19. The van der Waals surface area contributed by atoms with Crippen molar-refractivity contribution < 1.29 is 4.79 Å². The molecule has 0 bridgehead atoms. The molecule has 0 aliphatic rings. The molecule has 4 aromatic rings. The highest BCUT2D eigenvalue weighted by Crippen LogP contribution is 2.32. The molecule has 0 atom stereocenters. The number of carbonyl (C=O) groups is 1. The second-order valence-corrected chi connectivity index (χ2v) is 10.3. The van der Waals surface area contributed by atoms with Crippen LogP contribution in [0.15, 0.2) is 52.6 Å². The van der Waals surface area contributed by atoms with E-state index in [0.717, 1.165) is 22.3 Å². The second-order valence-electron chi connectivity index (χ2n) is 9.43. The summed E-state index contributed by atoms with van der Waals surface area (Å²) in [6.45, 7) is 12.3. The first-order valence-electron chi connectivity index (χ1n) is 10.8. The van der Waals surface area contributed by atoms with Crippen LogP contribution in [0.2, 0.25) is 0 Å². The standard InChI is InChI=1S/C27H28N2O2S/c1-16-7-8-20(13-17(16)2)23(30)14-29-18(3)28-25-24(26(29)31)22(15-32-25)19-9-11-21(12-10-19)27(4,5)6/h7-13,15H,14H2,1-6H3. The van der Waals surface area contributed by atoms with Crippen LogP contribution in [0.3, 0.4) is 0 Å². The number of thiophene rings is 1. The molecule has 4 nitrogen and oxygen atoms in total. The molecule has 2 aromatic carbocycles.